The number of benzene rings is 1. The first-order chi connectivity index (χ1) is 7.79. The van der Waals surface area contributed by atoms with Crippen molar-refractivity contribution in [2.75, 3.05) is 19.0 Å². The number of ether oxygens (including phenoxy) is 1. The number of carbonyl (C=O) groups excluding carboxylic acids is 1. The monoisotopic (exact) mass is 218 g/mol. The lowest BCUT2D eigenvalue weighted by molar-refractivity contribution is -0.138. The van der Waals surface area contributed by atoms with Crippen LogP contribution in [0.25, 0.3) is 11.0 Å². The highest BCUT2D eigenvalue weighted by molar-refractivity contribution is 5.76. The first-order valence-electron chi connectivity index (χ1n) is 4.70. The second-order valence-corrected chi connectivity index (χ2v) is 3.05. The molecule has 0 unspecified atom stereocenters. The van der Waals surface area contributed by atoms with Crippen LogP contribution in [0, 0.1) is 0 Å². The fourth-order valence-electron chi connectivity index (χ4n) is 1.18. The van der Waals surface area contributed by atoms with Gasteiger partial charge in [-0.05, 0) is 12.1 Å². The molecule has 0 aliphatic carbocycles. The molecule has 82 valence electrons. The third-order valence-corrected chi connectivity index (χ3v) is 1.98. The van der Waals surface area contributed by atoms with Crippen molar-refractivity contribution in [3.05, 3.63) is 24.3 Å². The first kappa shape index (κ1) is 10.3. The molecule has 1 aromatic heterocycles. The minimum absolute atomic E-state index is 0.0243. The van der Waals surface area contributed by atoms with Gasteiger partial charge in [0.1, 0.15) is 12.1 Å². The van der Waals surface area contributed by atoms with Gasteiger partial charge in [0.25, 0.3) is 0 Å². The fraction of sp³-hybridized carbons (Fsp3) is 0.200. The van der Waals surface area contributed by atoms with Gasteiger partial charge < -0.3 is 10.1 Å². The molecule has 6 nitrogen and oxygen atoms in total. The van der Waals surface area contributed by atoms with Gasteiger partial charge in [0, 0.05) is 0 Å². The molecular weight excluding hydrogens is 208 g/mol. The largest absolute Gasteiger partial charge is 0.468 e. The van der Waals surface area contributed by atoms with Crippen LogP contribution in [0.5, 0.6) is 0 Å². The summed E-state index contributed by atoms with van der Waals surface area (Å²) in [4.78, 5) is 15.1. The molecule has 0 aliphatic heterocycles. The van der Waals surface area contributed by atoms with Gasteiger partial charge in [-0.15, -0.1) is 10.2 Å². The van der Waals surface area contributed by atoms with Gasteiger partial charge >= 0.3 is 5.97 Å². The number of hydrogen-bond donors (Lipinski definition) is 1. The molecule has 2 aromatic rings. The summed E-state index contributed by atoms with van der Waals surface area (Å²) < 4.78 is 4.48. The SMILES string of the molecule is COC(=O)CNc1nnc2ccccc2n1. The molecule has 1 aromatic carbocycles. The van der Waals surface area contributed by atoms with E-state index in [1.807, 2.05) is 24.3 Å². The van der Waals surface area contributed by atoms with Crippen molar-refractivity contribution in [1.82, 2.24) is 15.2 Å². The van der Waals surface area contributed by atoms with Crippen LogP contribution in [-0.4, -0.2) is 34.8 Å². The Morgan fingerprint density at radius 1 is 1.31 bits per heavy atom. The first-order valence-corrected chi connectivity index (χ1v) is 4.70. The Balaban J connectivity index is 2.16. The van der Waals surface area contributed by atoms with Crippen molar-refractivity contribution in [2.24, 2.45) is 0 Å². The standard InChI is InChI=1S/C10H10N4O2/c1-16-9(15)6-11-10-12-7-4-2-3-5-8(7)13-14-10/h2-5H,6H2,1H3,(H,11,12,14). The lowest BCUT2D eigenvalue weighted by Crippen LogP contribution is -2.16. The number of para-hydroxylation sites is 1. The molecule has 0 fully saturated rings. The molecule has 0 atom stereocenters. The minimum Gasteiger partial charge on any atom is -0.468 e. The molecule has 0 saturated carbocycles. The topological polar surface area (TPSA) is 77.0 Å². The summed E-state index contributed by atoms with van der Waals surface area (Å²) in [5.74, 6) is -0.0686. The molecule has 16 heavy (non-hydrogen) atoms. The van der Waals surface area contributed by atoms with E-state index in [1.54, 1.807) is 0 Å². The summed E-state index contributed by atoms with van der Waals surface area (Å²) in [6, 6.07) is 7.37. The average molecular weight is 218 g/mol. The number of anilines is 1. The molecule has 0 bridgehead atoms. The maximum atomic E-state index is 10.9. The number of hydrogen-bond acceptors (Lipinski definition) is 6. The van der Waals surface area contributed by atoms with E-state index in [-0.39, 0.29) is 12.5 Å². The van der Waals surface area contributed by atoms with E-state index < -0.39 is 0 Å². The maximum absolute atomic E-state index is 10.9. The fourth-order valence-corrected chi connectivity index (χ4v) is 1.18. The molecule has 0 saturated heterocycles. The van der Waals surface area contributed by atoms with Gasteiger partial charge in [-0.3, -0.25) is 4.79 Å². The van der Waals surface area contributed by atoms with Gasteiger partial charge in [0.2, 0.25) is 5.95 Å². The highest BCUT2D eigenvalue weighted by Crippen LogP contribution is 2.08. The molecule has 6 heteroatoms. The zero-order chi connectivity index (χ0) is 11.4. The number of nitrogens with zero attached hydrogens (tertiary/aromatic N) is 3. The Kier molecular flexibility index (Phi) is 2.90. The summed E-state index contributed by atoms with van der Waals surface area (Å²) in [5.41, 5.74) is 1.44. The normalized spacial score (nSPS) is 10.1. The second-order valence-electron chi connectivity index (χ2n) is 3.05. The highest BCUT2D eigenvalue weighted by atomic mass is 16.5. The van der Waals surface area contributed by atoms with Crippen molar-refractivity contribution in [3.8, 4) is 0 Å². The third kappa shape index (κ3) is 2.22. The number of nitrogens with one attached hydrogen (secondary N) is 1. The predicted molar refractivity (Wildman–Crippen MR) is 57.8 cm³/mol. The molecule has 2 rings (SSSR count). The molecular formula is C10H10N4O2. The van der Waals surface area contributed by atoms with Crippen molar-refractivity contribution >= 4 is 23.0 Å². The van der Waals surface area contributed by atoms with Crippen LogP contribution in [0.1, 0.15) is 0 Å². The molecule has 0 radical (unpaired) electrons. The zero-order valence-electron chi connectivity index (χ0n) is 8.67. The molecule has 1 N–H and O–H groups in total. The Hall–Kier alpha value is -2.24. The van der Waals surface area contributed by atoms with Crippen molar-refractivity contribution < 1.29 is 9.53 Å². The second kappa shape index (κ2) is 4.52. The molecule has 0 aliphatic rings. The van der Waals surface area contributed by atoms with Crippen LogP contribution in [0.4, 0.5) is 5.95 Å². The van der Waals surface area contributed by atoms with Crippen LogP contribution in [0.2, 0.25) is 0 Å². The number of carbonyl (C=O) groups is 1. The average Bonchev–Trinajstić information content (AvgIpc) is 2.35. The molecule has 0 spiro atoms. The van der Waals surface area contributed by atoms with Gasteiger partial charge in [-0.2, -0.15) is 0 Å². The van der Waals surface area contributed by atoms with Crippen LogP contribution < -0.4 is 5.32 Å². The lowest BCUT2D eigenvalue weighted by atomic mass is 10.3. The van der Waals surface area contributed by atoms with Crippen molar-refractivity contribution in [1.29, 1.82) is 0 Å². The Morgan fingerprint density at radius 3 is 2.81 bits per heavy atom. The smallest absolute Gasteiger partial charge is 0.325 e. The number of rotatable bonds is 3. The van der Waals surface area contributed by atoms with E-state index in [0.29, 0.717) is 11.5 Å². The third-order valence-electron chi connectivity index (χ3n) is 1.98. The summed E-state index contributed by atoms with van der Waals surface area (Å²) in [6.45, 7) is 0.0243. The van der Waals surface area contributed by atoms with E-state index in [2.05, 4.69) is 25.2 Å². The van der Waals surface area contributed by atoms with Crippen LogP contribution >= 0.6 is 0 Å². The molecule has 1 heterocycles. The van der Waals surface area contributed by atoms with Gasteiger partial charge in [0.05, 0.1) is 12.6 Å². The molecule has 0 amide bonds. The van der Waals surface area contributed by atoms with E-state index in [9.17, 15) is 4.79 Å². The maximum Gasteiger partial charge on any atom is 0.325 e. The van der Waals surface area contributed by atoms with E-state index in [4.69, 9.17) is 0 Å². The summed E-state index contributed by atoms with van der Waals surface area (Å²) in [5, 5.41) is 10.5. The quantitative estimate of drug-likeness (QED) is 0.760. The Morgan fingerprint density at radius 2 is 2.06 bits per heavy atom. The number of methoxy groups -OCH3 is 1. The summed E-state index contributed by atoms with van der Waals surface area (Å²) in [6.07, 6.45) is 0. The highest BCUT2D eigenvalue weighted by Gasteiger charge is 2.03. The van der Waals surface area contributed by atoms with E-state index >= 15 is 0 Å². The van der Waals surface area contributed by atoms with E-state index in [0.717, 1.165) is 5.52 Å². The van der Waals surface area contributed by atoms with Gasteiger partial charge in [-0.1, -0.05) is 12.1 Å². The number of fused-ring (bicyclic) bond motifs is 1. The zero-order valence-corrected chi connectivity index (χ0v) is 8.67. The predicted octanol–water partition coefficient (Wildman–Crippen LogP) is 0.610. The summed E-state index contributed by atoms with van der Waals surface area (Å²) in [7, 11) is 1.32. The number of esters is 1. The van der Waals surface area contributed by atoms with E-state index in [1.165, 1.54) is 7.11 Å². The van der Waals surface area contributed by atoms with Crippen LogP contribution in [0.15, 0.2) is 24.3 Å². The lowest BCUT2D eigenvalue weighted by Gasteiger charge is -2.02. The van der Waals surface area contributed by atoms with Crippen molar-refractivity contribution in [2.45, 2.75) is 0 Å². The Labute approximate surface area is 91.7 Å². The summed E-state index contributed by atoms with van der Waals surface area (Å²) >= 11 is 0. The van der Waals surface area contributed by atoms with Gasteiger partial charge in [-0.25, -0.2) is 4.98 Å². The van der Waals surface area contributed by atoms with Crippen molar-refractivity contribution in [3.63, 3.8) is 0 Å². The number of aromatic nitrogens is 3. The van der Waals surface area contributed by atoms with Crippen LogP contribution in [-0.2, 0) is 9.53 Å². The minimum atomic E-state index is -0.378. The van der Waals surface area contributed by atoms with Gasteiger partial charge in [0.15, 0.2) is 0 Å². The van der Waals surface area contributed by atoms with Crippen LogP contribution in [0.3, 0.4) is 0 Å². The Bertz CT molecular complexity index is 515.